The molecule has 0 aromatic carbocycles. The van der Waals surface area contributed by atoms with Gasteiger partial charge in [-0.05, 0) is 24.3 Å². The molecule has 0 saturated heterocycles. The Bertz CT molecular complexity index is 962. The molecule has 1 heterocycles. The quantitative estimate of drug-likeness (QED) is 0.202. The van der Waals surface area contributed by atoms with E-state index in [-0.39, 0.29) is 18.2 Å². The smallest absolute Gasteiger partial charge is 0.329 e. The fourth-order valence-electron chi connectivity index (χ4n) is 5.09. The number of unbranched alkanes of at least 4 members (excludes halogenated alkanes) is 8. The minimum atomic E-state index is -1.34. The third-order valence-electron chi connectivity index (χ3n) is 7.85. The van der Waals surface area contributed by atoms with E-state index in [0.717, 1.165) is 36.5 Å². The number of nitrogens with zero attached hydrogens (tertiary/aromatic N) is 1. The second-order valence-corrected chi connectivity index (χ2v) is 12.3. The molecule has 0 unspecified atom stereocenters. The molecule has 3 amide bonds. The van der Waals surface area contributed by atoms with Gasteiger partial charge in [-0.2, -0.15) is 0 Å². The number of methoxy groups -OCH3 is 1. The zero-order valence-electron chi connectivity index (χ0n) is 27.2. The van der Waals surface area contributed by atoms with Crippen LogP contribution in [0, 0.1) is 17.8 Å². The molecule has 4 atom stereocenters. The van der Waals surface area contributed by atoms with Crippen molar-refractivity contribution in [3.05, 3.63) is 24.4 Å². The number of likely N-dealkylation sites (N-methyl/N-ethyl adjacent to an activating group) is 1. The third kappa shape index (κ3) is 15.7. The van der Waals surface area contributed by atoms with Gasteiger partial charge in [0, 0.05) is 18.8 Å². The lowest BCUT2D eigenvalue weighted by atomic mass is 9.88. The number of rotatable bonds is 15. The van der Waals surface area contributed by atoms with Crippen molar-refractivity contribution in [3.63, 3.8) is 0 Å². The second-order valence-electron chi connectivity index (χ2n) is 12.3. The van der Waals surface area contributed by atoms with Gasteiger partial charge in [0.25, 0.3) is 0 Å². The van der Waals surface area contributed by atoms with Gasteiger partial charge in [0.2, 0.25) is 17.7 Å². The van der Waals surface area contributed by atoms with Crippen LogP contribution in [0.3, 0.4) is 0 Å². The number of nitrogens with one attached hydrogen (secondary N) is 2. The maximum Gasteiger partial charge on any atom is 0.329 e. The molecule has 0 aromatic rings. The third-order valence-corrected chi connectivity index (χ3v) is 7.85. The van der Waals surface area contributed by atoms with Crippen molar-refractivity contribution in [2.24, 2.45) is 17.8 Å². The first-order valence-electron chi connectivity index (χ1n) is 15.8. The van der Waals surface area contributed by atoms with Gasteiger partial charge in [-0.1, -0.05) is 98.5 Å². The number of carbonyl (C=O) groups is 5. The van der Waals surface area contributed by atoms with Gasteiger partial charge in [-0.3, -0.25) is 19.2 Å². The Morgan fingerprint density at radius 1 is 0.977 bits per heavy atom. The molecule has 0 aromatic heterocycles. The minimum absolute atomic E-state index is 0.174. The maximum absolute atomic E-state index is 13.3. The SMILES string of the molecule is C=C1/C=C/C(=O)N(C)CC(=O)N[C@@H](CC(=O)OC)C(=O)O[C@@H]([C@H](C)CCCCCCCCCCCC(C)C)[C@H](C)C(=O)N1. The molecule has 0 radical (unpaired) electrons. The van der Waals surface area contributed by atoms with Crippen molar-refractivity contribution in [1.29, 1.82) is 0 Å². The van der Waals surface area contributed by atoms with Crippen LogP contribution in [0.5, 0.6) is 0 Å². The molecule has 0 aliphatic carbocycles. The first-order valence-corrected chi connectivity index (χ1v) is 15.8. The van der Waals surface area contributed by atoms with Gasteiger partial charge in [0.05, 0.1) is 26.0 Å². The number of ether oxygens (including phenoxy) is 2. The van der Waals surface area contributed by atoms with E-state index < -0.39 is 54.1 Å². The van der Waals surface area contributed by atoms with Crippen molar-refractivity contribution in [2.75, 3.05) is 20.7 Å². The molecule has 0 bridgehead atoms. The molecule has 10 nitrogen and oxygen atoms in total. The molecular weight excluding hydrogens is 550 g/mol. The average Bonchev–Trinajstić information content (AvgIpc) is 2.95. The Hall–Kier alpha value is -3.17. The summed E-state index contributed by atoms with van der Waals surface area (Å²) >= 11 is 0. The van der Waals surface area contributed by atoms with Crippen LogP contribution in [0.2, 0.25) is 0 Å². The predicted octanol–water partition coefficient (Wildman–Crippen LogP) is 4.82. The van der Waals surface area contributed by atoms with Crippen LogP contribution in [-0.2, 0) is 33.4 Å². The van der Waals surface area contributed by atoms with E-state index in [1.807, 2.05) is 6.92 Å². The summed E-state index contributed by atoms with van der Waals surface area (Å²) in [7, 11) is 2.59. The Balaban J connectivity index is 2.88. The van der Waals surface area contributed by atoms with Crippen molar-refractivity contribution >= 4 is 29.7 Å². The molecule has 2 N–H and O–H groups in total. The fraction of sp³-hybridized carbons (Fsp3) is 0.727. The number of allylic oxidation sites excluding steroid dienone is 1. The normalized spacial score (nSPS) is 22.3. The first-order chi connectivity index (χ1) is 20.3. The first kappa shape index (κ1) is 37.9. The van der Waals surface area contributed by atoms with Gasteiger partial charge in [-0.15, -0.1) is 0 Å². The highest BCUT2D eigenvalue weighted by Gasteiger charge is 2.35. The maximum atomic E-state index is 13.3. The molecule has 244 valence electrons. The molecule has 1 aliphatic heterocycles. The van der Waals surface area contributed by atoms with E-state index in [4.69, 9.17) is 9.47 Å². The lowest BCUT2D eigenvalue weighted by molar-refractivity contribution is -0.163. The summed E-state index contributed by atoms with van der Waals surface area (Å²) in [6, 6.07) is -1.34. The standard InChI is InChI=1S/C33H55N3O7/c1-23(2)17-15-13-11-9-8-10-12-14-16-18-24(3)31-26(5)32(40)34-25(4)19-20-29(38)36(6)22-28(37)35-27(33(41)43-31)21-30(39)42-7/h19-20,23-24,26-27,31H,4,8-18,21-22H2,1-3,5-7H3,(H,34,40)(H,35,37)/b20-19+/t24-,26+,27+,31+/m1/s1. The number of esters is 2. The Kier molecular flexibility index (Phi) is 18.2. The molecule has 0 saturated carbocycles. The monoisotopic (exact) mass is 605 g/mol. The Morgan fingerprint density at radius 2 is 1.53 bits per heavy atom. The predicted molar refractivity (Wildman–Crippen MR) is 166 cm³/mol. The second kappa shape index (κ2) is 20.7. The van der Waals surface area contributed by atoms with Gasteiger partial charge in [0.15, 0.2) is 0 Å². The summed E-state index contributed by atoms with van der Waals surface area (Å²) in [4.78, 5) is 64.7. The van der Waals surface area contributed by atoms with E-state index in [1.165, 1.54) is 71.3 Å². The molecule has 0 fully saturated rings. The Labute approximate surface area is 258 Å². The largest absolute Gasteiger partial charge is 0.469 e. The summed E-state index contributed by atoms with van der Waals surface area (Å²) in [5, 5.41) is 5.16. The summed E-state index contributed by atoms with van der Waals surface area (Å²) in [5.74, 6) is -3.29. The van der Waals surface area contributed by atoms with Crippen LogP contribution in [0.25, 0.3) is 0 Å². The van der Waals surface area contributed by atoms with E-state index in [0.29, 0.717) is 0 Å². The van der Waals surface area contributed by atoms with Crippen LogP contribution in [0.4, 0.5) is 0 Å². The van der Waals surface area contributed by atoms with Crippen LogP contribution < -0.4 is 10.6 Å². The molecule has 1 rings (SSSR count). The van der Waals surface area contributed by atoms with E-state index >= 15 is 0 Å². The number of hydrogen-bond donors (Lipinski definition) is 2. The highest BCUT2D eigenvalue weighted by molar-refractivity contribution is 5.93. The fourth-order valence-corrected chi connectivity index (χ4v) is 5.09. The molecule has 43 heavy (non-hydrogen) atoms. The topological polar surface area (TPSA) is 131 Å². The summed E-state index contributed by atoms with van der Waals surface area (Å²) in [6.45, 7) is 11.6. The van der Waals surface area contributed by atoms with Crippen LogP contribution in [0.15, 0.2) is 24.4 Å². The van der Waals surface area contributed by atoms with Gasteiger partial charge < -0.3 is 25.0 Å². The molecule has 0 spiro atoms. The number of amides is 3. The zero-order valence-corrected chi connectivity index (χ0v) is 27.2. The summed E-state index contributed by atoms with van der Waals surface area (Å²) in [5.41, 5.74) is 0.194. The number of hydrogen-bond acceptors (Lipinski definition) is 7. The number of carbonyl (C=O) groups excluding carboxylic acids is 5. The molecule has 10 heteroatoms. The zero-order chi connectivity index (χ0) is 32.4. The minimum Gasteiger partial charge on any atom is -0.469 e. The lowest BCUT2D eigenvalue weighted by Crippen LogP contribution is -2.49. The Morgan fingerprint density at radius 3 is 2.09 bits per heavy atom. The van der Waals surface area contributed by atoms with Crippen molar-refractivity contribution in [1.82, 2.24) is 15.5 Å². The molecular formula is C33H55N3O7. The van der Waals surface area contributed by atoms with Gasteiger partial charge in [0.1, 0.15) is 12.1 Å². The average molecular weight is 606 g/mol. The van der Waals surface area contributed by atoms with Gasteiger partial charge in [-0.25, -0.2) is 4.79 Å². The van der Waals surface area contributed by atoms with E-state index in [9.17, 15) is 24.0 Å². The lowest BCUT2D eigenvalue weighted by Gasteiger charge is -2.30. The highest BCUT2D eigenvalue weighted by Crippen LogP contribution is 2.25. The highest BCUT2D eigenvalue weighted by atomic mass is 16.5. The van der Waals surface area contributed by atoms with Crippen molar-refractivity contribution < 1.29 is 33.4 Å². The van der Waals surface area contributed by atoms with Crippen LogP contribution in [0.1, 0.15) is 105 Å². The molecule has 1 aliphatic rings. The van der Waals surface area contributed by atoms with Crippen LogP contribution >= 0.6 is 0 Å². The van der Waals surface area contributed by atoms with Gasteiger partial charge >= 0.3 is 11.9 Å². The van der Waals surface area contributed by atoms with Crippen LogP contribution in [-0.4, -0.2) is 67.4 Å². The van der Waals surface area contributed by atoms with Crippen molar-refractivity contribution in [2.45, 2.75) is 117 Å². The van der Waals surface area contributed by atoms with E-state index in [2.05, 4.69) is 31.1 Å². The number of cyclic esters (lactones) is 1. The van der Waals surface area contributed by atoms with E-state index in [1.54, 1.807) is 6.92 Å². The summed E-state index contributed by atoms with van der Waals surface area (Å²) < 4.78 is 10.6. The van der Waals surface area contributed by atoms with Crippen molar-refractivity contribution in [3.8, 4) is 0 Å². The summed E-state index contributed by atoms with van der Waals surface area (Å²) in [6.07, 6.45) is 14.0.